The molecule has 0 radical (unpaired) electrons. The molecule has 0 N–H and O–H groups in total. The Morgan fingerprint density at radius 3 is 2.69 bits per heavy atom. The fourth-order valence-corrected chi connectivity index (χ4v) is 3.17. The fraction of sp³-hybridized carbons (Fsp3) is 0.105. The van der Waals surface area contributed by atoms with Gasteiger partial charge in [0.05, 0.1) is 16.6 Å². The molecule has 4 nitrogen and oxygen atoms in total. The topological polar surface area (TPSA) is 43.6 Å². The summed E-state index contributed by atoms with van der Waals surface area (Å²) in [5.74, 6) is -0.773. The minimum Gasteiger partial charge on any atom is -0.263 e. The first-order valence-electron chi connectivity index (χ1n) is 7.94. The summed E-state index contributed by atoms with van der Waals surface area (Å²) in [4.78, 5) is 3.93. The van der Waals surface area contributed by atoms with Crippen molar-refractivity contribution >= 4 is 22.6 Å². The van der Waals surface area contributed by atoms with Crippen molar-refractivity contribution in [3.63, 3.8) is 0 Å². The van der Waals surface area contributed by atoms with Crippen molar-refractivity contribution in [3.8, 4) is 11.1 Å². The lowest BCUT2D eigenvalue weighted by Gasteiger charge is -2.14. The molecule has 4 aromatic rings. The van der Waals surface area contributed by atoms with Gasteiger partial charge in [-0.05, 0) is 36.8 Å². The van der Waals surface area contributed by atoms with E-state index in [9.17, 15) is 8.78 Å². The number of halogens is 3. The average molecular weight is 371 g/mol. The van der Waals surface area contributed by atoms with Crippen molar-refractivity contribution in [2.75, 3.05) is 0 Å². The lowest BCUT2D eigenvalue weighted by Crippen LogP contribution is -2.09. The molecule has 0 unspecified atom stereocenters. The SMILES string of the molecule is C[C@H](c1cccc(F)c1)n1nnc2cc(F)c(-c3ccncc3Cl)cc21. The van der Waals surface area contributed by atoms with E-state index in [-0.39, 0.29) is 11.9 Å². The summed E-state index contributed by atoms with van der Waals surface area (Å²) >= 11 is 6.16. The van der Waals surface area contributed by atoms with Gasteiger partial charge in [-0.25, -0.2) is 13.5 Å². The summed E-state index contributed by atoms with van der Waals surface area (Å²) in [6.45, 7) is 1.88. The maximum absolute atomic E-state index is 14.6. The summed E-state index contributed by atoms with van der Waals surface area (Å²) in [5.41, 5.74) is 2.66. The van der Waals surface area contributed by atoms with E-state index in [1.165, 1.54) is 24.4 Å². The van der Waals surface area contributed by atoms with E-state index >= 15 is 0 Å². The van der Waals surface area contributed by atoms with Gasteiger partial charge in [-0.15, -0.1) is 5.10 Å². The number of nitrogens with zero attached hydrogens (tertiary/aromatic N) is 4. The van der Waals surface area contributed by atoms with Crippen LogP contribution in [0.15, 0.2) is 54.9 Å². The highest BCUT2D eigenvalue weighted by atomic mass is 35.5. The van der Waals surface area contributed by atoms with Gasteiger partial charge < -0.3 is 0 Å². The van der Waals surface area contributed by atoms with Crippen molar-refractivity contribution < 1.29 is 8.78 Å². The second kappa shape index (κ2) is 6.46. The van der Waals surface area contributed by atoms with Crippen LogP contribution >= 0.6 is 11.6 Å². The average Bonchev–Trinajstić information content (AvgIpc) is 3.03. The first-order chi connectivity index (χ1) is 12.5. The van der Waals surface area contributed by atoms with Gasteiger partial charge in [0.2, 0.25) is 0 Å². The molecule has 1 atom stereocenters. The Morgan fingerprint density at radius 1 is 1.08 bits per heavy atom. The van der Waals surface area contributed by atoms with Gasteiger partial charge in [0.1, 0.15) is 17.2 Å². The molecule has 2 heterocycles. The van der Waals surface area contributed by atoms with Gasteiger partial charge in [0, 0.05) is 29.6 Å². The second-order valence-corrected chi connectivity index (χ2v) is 6.35. The van der Waals surface area contributed by atoms with E-state index in [0.717, 1.165) is 5.56 Å². The highest BCUT2D eigenvalue weighted by Gasteiger charge is 2.18. The first-order valence-corrected chi connectivity index (χ1v) is 8.32. The van der Waals surface area contributed by atoms with Crippen LogP contribution in [0.1, 0.15) is 18.5 Å². The van der Waals surface area contributed by atoms with Crippen LogP contribution in [0.25, 0.3) is 22.2 Å². The van der Waals surface area contributed by atoms with E-state index < -0.39 is 5.82 Å². The fourth-order valence-electron chi connectivity index (χ4n) is 2.95. The quantitative estimate of drug-likeness (QED) is 0.507. The normalized spacial score (nSPS) is 12.5. The first kappa shape index (κ1) is 16.6. The molecular weight excluding hydrogens is 358 g/mol. The second-order valence-electron chi connectivity index (χ2n) is 5.94. The molecule has 130 valence electrons. The smallest absolute Gasteiger partial charge is 0.133 e. The number of pyridine rings is 1. The Labute approximate surface area is 153 Å². The van der Waals surface area contributed by atoms with E-state index in [1.54, 1.807) is 29.1 Å². The van der Waals surface area contributed by atoms with Crippen molar-refractivity contribution in [1.82, 2.24) is 20.0 Å². The third-order valence-electron chi connectivity index (χ3n) is 4.32. The van der Waals surface area contributed by atoms with Crippen LogP contribution in [0.3, 0.4) is 0 Å². The highest BCUT2D eigenvalue weighted by molar-refractivity contribution is 6.33. The molecule has 0 saturated heterocycles. The molecule has 0 aliphatic carbocycles. The van der Waals surface area contributed by atoms with Crippen molar-refractivity contribution in [2.24, 2.45) is 0 Å². The van der Waals surface area contributed by atoms with Crippen molar-refractivity contribution in [3.05, 3.63) is 77.1 Å². The number of hydrogen-bond acceptors (Lipinski definition) is 3. The van der Waals surface area contributed by atoms with Crippen LogP contribution in [-0.2, 0) is 0 Å². The van der Waals surface area contributed by atoms with Crippen LogP contribution in [0.4, 0.5) is 8.78 Å². The predicted octanol–water partition coefficient (Wildman–Crippen LogP) is 5.03. The molecule has 26 heavy (non-hydrogen) atoms. The molecular formula is C19H13ClF2N4. The number of hydrogen-bond donors (Lipinski definition) is 0. The minimum atomic E-state index is -0.448. The van der Waals surface area contributed by atoms with Gasteiger partial charge >= 0.3 is 0 Å². The van der Waals surface area contributed by atoms with Gasteiger partial charge in [0.15, 0.2) is 0 Å². The Kier molecular flexibility index (Phi) is 4.12. The molecule has 0 amide bonds. The molecule has 0 aliphatic heterocycles. The Morgan fingerprint density at radius 2 is 1.92 bits per heavy atom. The molecule has 0 fully saturated rings. The maximum atomic E-state index is 14.6. The van der Waals surface area contributed by atoms with Crippen molar-refractivity contribution in [2.45, 2.75) is 13.0 Å². The molecule has 0 aliphatic rings. The van der Waals surface area contributed by atoms with E-state index in [0.29, 0.717) is 27.2 Å². The number of fused-ring (bicyclic) bond motifs is 1. The van der Waals surface area contributed by atoms with E-state index in [2.05, 4.69) is 15.3 Å². The van der Waals surface area contributed by atoms with Gasteiger partial charge in [-0.1, -0.05) is 28.9 Å². The van der Waals surface area contributed by atoms with Crippen LogP contribution < -0.4 is 0 Å². The lowest BCUT2D eigenvalue weighted by molar-refractivity contribution is 0.552. The van der Waals surface area contributed by atoms with Crippen molar-refractivity contribution in [1.29, 1.82) is 0 Å². The molecule has 4 rings (SSSR count). The molecule has 7 heteroatoms. The largest absolute Gasteiger partial charge is 0.263 e. The highest BCUT2D eigenvalue weighted by Crippen LogP contribution is 2.32. The summed E-state index contributed by atoms with van der Waals surface area (Å²) in [5, 5.41) is 8.52. The monoisotopic (exact) mass is 370 g/mol. The van der Waals surface area contributed by atoms with Gasteiger partial charge in [0.25, 0.3) is 0 Å². The molecule has 0 spiro atoms. The van der Waals surface area contributed by atoms with Crippen LogP contribution in [0.2, 0.25) is 5.02 Å². The zero-order valence-electron chi connectivity index (χ0n) is 13.7. The standard InChI is InChI=1S/C19H13ClF2N4/c1-11(12-3-2-4-13(21)7-12)26-19-8-15(14-5-6-23-10-16(14)20)17(22)9-18(19)24-25-26/h2-11H,1H3/t11-/m1/s1. The number of rotatable bonds is 3. The van der Waals surface area contributed by atoms with Crippen LogP contribution in [-0.4, -0.2) is 20.0 Å². The van der Waals surface area contributed by atoms with Crippen LogP contribution in [0, 0.1) is 11.6 Å². The zero-order chi connectivity index (χ0) is 18.3. The van der Waals surface area contributed by atoms with E-state index in [1.807, 2.05) is 13.0 Å². The summed E-state index contributed by atoms with van der Waals surface area (Å²) in [6, 6.07) is 10.6. The number of aromatic nitrogens is 4. The molecule has 2 aromatic heterocycles. The molecule has 0 saturated carbocycles. The Hall–Kier alpha value is -2.86. The summed E-state index contributed by atoms with van der Waals surface area (Å²) in [6.07, 6.45) is 3.02. The Bertz CT molecular complexity index is 1110. The Balaban J connectivity index is 1.88. The number of benzene rings is 2. The third-order valence-corrected chi connectivity index (χ3v) is 4.62. The molecule has 2 aromatic carbocycles. The lowest BCUT2D eigenvalue weighted by atomic mass is 10.0. The minimum absolute atomic E-state index is 0.276. The van der Waals surface area contributed by atoms with E-state index in [4.69, 9.17) is 11.6 Å². The maximum Gasteiger partial charge on any atom is 0.133 e. The molecule has 0 bridgehead atoms. The zero-order valence-corrected chi connectivity index (χ0v) is 14.5. The van der Waals surface area contributed by atoms with Crippen LogP contribution in [0.5, 0.6) is 0 Å². The summed E-state index contributed by atoms with van der Waals surface area (Å²) in [7, 11) is 0. The predicted molar refractivity (Wildman–Crippen MR) is 95.9 cm³/mol. The third kappa shape index (κ3) is 2.82. The van der Waals surface area contributed by atoms with Gasteiger partial charge in [-0.3, -0.25) is 4.98 Å². The summed E-state index contributed by atoms with van der Waals surface area (Å²) < 4.78 is 29.8. The van der Waals surface area contributed by atoms with Gasteiger partial charge in [-0.2, -0.15) is 0 Å².